The fourth-order valence-corrected chi connectivity index (χ4v) is 5.34. The monoisotopic (exact) mass is 530 g/mol. The quantitative estimate of drug-likeness (QED) is 0.0968. The SMILES string of the molecule is CCCCCCCCCCCCc1ccccc1Oc1ccccc1CCCCCCCCCCCC.[NaH]. The maximum absolute atomic E-state index is 6.53. The van der Waals surface area contributed by atoms with Gasteiger partial charge in [-0.2, -0.15) is 0 Å². The van der Waals surface area contributed by atoms with Gasteiger partial charge in [0.05, 0.1) is 0 Å². The summed E-state index contributed by atoms with van der Waals surface area (Å²) >= 11 is 0. The Morgan fingerprint density at radius 2 is 0.684 bits per heavy atom. The van der Waals surface area contributed by atoms with Gasteiger partial charge in [-0.15, -0.1) is 0 Å². The first-order valence-corrected chi connectivity index (χ1v) is 16.2. The van der Waals surface area contributed by atoms with E-state index in [1.54, 1.807) is 0 Å². The van der Waals surface area contributed by atoms with Gasteiger partial charge in [-0.3, -0.25) is 0 Å². The molecule has 0 bridgehead atoms. The molecule has 0 amide bonds. The fourth-order valence-electron chi connectivity index (χ4n) is 5.34. The summed E-state index contributed by atoms with van der Waals surface area (Å²) in [7, 11) is 0. The van der Waals surface area contributed by atoms with E-state index >= 15 is 0 Å². The van der Waals surface area contributed by atoms with E-state index in [9.17, 15) is 0 Å². The molecule has 0 saturated heterocycles. The second-order valence-electron chi connectivity index (χ2n) is 11.2. The molecule has 0 spiro atoms. The van der Waals surface area contributed by atoms with Crippen molar-refractivity contribution < 1.29 is 4.74 Å². The Hall–Kier alpha value is -0.760. The van der Waals surface area contributed by atoms with Crippen LogP contribution in [-0.2, 0) is 12.8 Å². The van der Waals surface area contributed by atoms with Crippen LogP contribution in [0.1, 0.15) is 153 Å². The summed E-state index contributed by atoms with van der Waals surface area (Å²) < 4.78 is 6.53. The van der Waals surface area contributed by atoms with Crippen LogP contribution in [0.25, 0.3) is 0 Å². The number of unbranched alkanes of at least 4 members (excludes halogenated alkanes) is 18. The number of ether oxygens (including phenoxy) is 1. The molecule has 38 heavy (non-hydrogen) atoms. The minimum atomic E-state index is 0. The van der Waals surface area contributed by atoms with Crippen molar-refractivity contribution in [1.29, 1.82) is 0 Å². The average molecular weight is 531 g/mol. The first-order valence-electron chi connectivity index (χ1n) is 16.2. The Morgan fingerprint density at radius 3 is 1.03 bits per heavy atom. The van der Waals surface area contributed by atoms with E-state index in [0.29, 0.717) is 0 Å². The van der Waals surface area contributed by atoms with E-state index in [1.807, 2.05) is 0 Å². The number of rotatable bonds is 24. The molecule has 0 heterocycles. The third-order valence-corrected chi connectivity index (χ3v) is 7.76. The summed E-state index contributed by atoms with van der Waals surface area (Å²) in [4.78, 5) is 0. The van der Waals surface area contributed by atoms with Gasteiger partial charge in [0.15, 0.2) is 0 Å². The average Bonchev–Trinajstić information content (AvgIpc) is 2.92. The summed E-state index contributed by atoms with van der Waals surface area (Å²) in [5, 5.41) is 0. The summed E-state index contributed by atoms with van der Waals surface area (Å²) in [5.74, 6) is 2.10. The molecule has 0 atom stereocenters. The van der Waals surface area contributed by atoms with Gasteiger partial charge in [0.2, 0.25) is 0 Å². The first kappa shape index (κ1) is 35.3. The molecule has 0 aliphatic rings. The van der Waals surface area contributed by atoms with Gasteiger partial charge in [0.25, 0.3) is 0 Å². The summed E-state index contributed by atoms with van der Waals surface area (Å²) in [6.45, 7) is 4.59. The molecule has 0 unspecified atom stereocenters. The molecule has 2 rings (SSSR count). The second-order valence-corrected chi connectivity index (χ2v) is 11.2. The molecular weight excluding hydrogens is 471 g/mol. The topological polar surface area (TPSA) is 9.23 Å². The Balaban J connectivity index is 0.00000722. The maximum atomic E-state index is 6.53. The van der Waals surface area contributed by atoms with Crippen LogP contribution in [0.15, 0.2) is 48.5 Å². The standard InChI is InChI=1S/C36H58O.Na.H/c1-3-5-7-9-11-13-15-17-19-21-27-33-29-23-25-31-35(33)37-36-32-26-24-30-34(36)28-22-20-18-16-14-12-10-8-6-4-2;;/h23-26,29-32H,3-22,27-28H2,1-2H3;;. The number of hydrogen-bond donors (Lipinski definition) is 0. The Labute approximate surface area is 259 Å². The van der Waals surface area contributed by atoms with Crippen molar-refractivity contribution in [2.45, 2.75) is 155 Å². The van der Waals surface area contributed by atoms with E-state index < -0.39 is 0 Å². The van der Waals surface area contributed by atoms with Crippen molar-refractivity contribution in [1.82, 2.24) is 0 Å². The van der Waals surface area contributed by atoms with E-state index in [4.69, 9.17) is 4.74 Å². The van der Waals surface area contributed by atoms with Gasteiger partial charge < -0.3 is 4.74 Å². The van der Waals surface area contributed by atoms with E-state index in [-0.39, 0.29) is 29.6 Å². The molecule has 0 aromatic heterocycles. The molecule has 0 saturated carbocycles. The number of hydrogen-bond acceptors (Lipinski definition) is 1. The van der Waals surface area contributed by atoms with Gasteiger partial charge in [0, 0.05) is 0 Å². The molecule has 0 aliphatic carbocycles. The zero-order valence-electron chi connectivity index (χ0n) is 24.6. The Morgan fingerprint density at radius 1 is 0.395 bits per heavy atom. The van der Waals surface area contributed by atoms with Gasteiger partial charge in [-0.25, -0.2) is 0 Å². The molecule has 1 nitrogen and oxygen atoms in total. The number of aryl methyl sites for hydroxylation is 2. The first-order chi connectivity index (χ1) is 18.3. The van der Waals surface area contributed by atoms with Crippen LogP contribution in [0.4, 0.5) is 0 Å². The van der Waals surface area contributed by atoms with Crippen LogP contribution in [0.3, 0.4) is 0 Å². The van der Waals surface area contributed by atoms with E-state index in [1.165, 1.54) is 140 Å². The van der Waals surface area contributed by atoms with Crippen molar-refractivity contribution >= 4 is 29.6 Å². The normalized spacial score (nSPS) is 10.9. The van der Waals surface area contributed by atoms with Crippen molar-refractivity contribution in [3.05, 3.63) is 59.7 Å². The van der Waals surface area contributed by atoms with Crippen molar-refractivity contribution in [2.75, 3.05) is 0 Å². The summed E-state index contributed by atoms with van der Waals surface area (Å²) in [5.41, 5.74) is 2.71. The predicted octanol–water partition coefficient (Wildman–Crippen LogP) is 11.8. The van der Waals surface area contributed by atoms with Gasteiger partial charge >= 0.3 is 29.6 Å². The molecule has 210 valence electrons. The van der Waals surface area contributed by atoms with Gasteiger partial charge in [0.1, 0.15) is 11.5 Å². The van der Waals surface area contributed by atoms with Gasteiger partial charge in [-0.05, 0) is 48.9 Å². The van der Waals surface area contributed by atoms with Crippen LogP contribution >= 0.6 is 0 Å². The Kier molecular flexibility index (Phi) is 23.4. The van der Waals surface area contributed by atoms with E-state index in [2.05, 4.69) is 62.4 Å². The van der Waals surface area contributed by atoms with Crippen molar-refractivity contribution in [3.8, 4) is 11.5 Å². The van der Waals surface area contributed by atoms with Crippen molar-refractivity contribution in [2.24, 2.45) is 0 Å². The molecule has 0 N–H and O–H groups in total. The molecule has 2 aromatic carbocycles. The zero-order valence-corrected chi connectivity index (χ0v) is 24.6. The van der Waals surface area contributed by atoms with Crippen LogP contribution in [0, 0.1) is 0 Å². The number of para-hydroxylation sites is 2. The van der Waals surface area contributed by atoms with Crippen LogP contribution < -0.4 is 4.74 Å². The fraction of sp³-hybridized carbons (Fsp3) is 0.667. The predicted molar refractivity (Wildman–Crippen MR) is 171 cm³/mol. The molecular formula is C36H59NaO. The molecule has 0 aliphatic heterocycles. The molecule has 2 aromatic rings. The van der Waals surface area contributed by atoms with Crippen molar-refractivity contribution in [3.63, 3.8) is 0 Å². The molecule has 0 fully saturated rings. The van der Waals surface area contributed by atoms with Gasteiger partial charge in [-0.1, -0.05) is 166 Å². The molecule has 0 radical (unpaired) electrons. The van der Waals surface area contributed by atoms with Crippen LogP contribution in [0.5, 0.6) is 11.5 Å². The minimum absolute atomic E-state index is 0. The van der Waals surface area contributed by atoms with Crippen LogP contribution in [0.2, 0.25) is 0 Å². The zero-order chi connectivity index (χ0) is 26.2. The van der Waals surface area contributed by atoms with E-state index in [0.717, 1.165) is 24.3 Å². The number of benzene rings is 2. The Bertz CT molecular complexity index is 721. The second kappa shape index (κ2) is 25.2. The third-order valence-electron chi connectivity index (χ3n) is 7.76. The van der Waals surface area contributed by atoms with Crippen LogP contribution in [-0.4, -0.2) is 29.6 Å². The molecule has 2 heteroatoms. The summed E-state index contributed by atoms with van der Waals surface area (Å²) in [6.07, 6.45) is 29.9. The summed E-state index contributed by atoms with van der Waals surface area (Å²) in [6, 6.07) is 17.4. The third kappa shape index (κ3) is 17.0.